The molecule has 23 nitrogen and oxygen atoms in total. The second-order valence-electron chi connectivity index (χ2n) is 12.7. The van der Waals surface area contributed by atoms with Crippen LogP contribution in [0.1, 0.15) is 12.8 Å². The molecule has 0 spiro atoms. The van der Waals surface area contributed by atoms with Crippen LogP contribution < -0.4 is 20.1 Å². The summed E-state index contributed by atoms with van der Waals surface area (Å²) in [5, 5.41) is 20.5. The van der Waals surface area contributed by atoms with Crippen molar-refractivity contribution in [3.63, 3.8) is 0 Å². The van der Waals surface area contributed by atoms with Crippen molar-refractivity contribution < 1.29 is 61.4 Å². The first-order valence-corrected chi connectivity index (χ1v) is 25.4. The predicted octanol–water partition coefficient (Wildman–Crippen LogP) is 9.26. The molecule has 0 saturated carbocycles. The van der Waals surface area contributed by atoms with Crippen LogP contribution in [0, 0.1) is 0 Å². The Bertz CT molecular complexity index is 2950. The van der Waals surface area contributed by atoms with Crippen molar-refractivity contribution in [3.8, 4) is 11.5 Å². The lowest BCUT2D eigenvalue weighted by atomic mass is 10.2. The molecule has 0 amide bonds. The molecule has 0 aliphatic rings. The smallest absolute Gasteiger partial charge is 0.296 e. The molecule has 65 heavy (non-hydrogen) atoms. The second kappa shape index (κ2) is 21.3. The molecule has 0 radical (unpaired) electrons. The van der Waals surface area contributed by atoms with Gasteiger partial charge in [-0.25, -0.2) is 0 Å². The van der Waals surface area contributed by atoms with Crippen LogP contribution in [0.25, 0.3) is 0 Å². The van der Waals surface area contributed by atoms with Gasteiger partial charge in [0.05, 0.1) is 67.6 Å². The number of anilines is 4. The standard InChI is InChI=1S/C33H28Cl5N9O14S4/c34-19-5-3-17(11-29(19)64(54,55)56)44-46-23-15-27(60-7-1-9-62(48,49)50)25(13-21(23)36)39-32-41-31(38)42-33(43-32)40-26-14-22(37)24(16-28(26)61-8-2-10-63(51,52)53)47-45-18-4-6-20(35)30(12-18)65(57,58)59/h3-6,11-16H,1-2,7-10H2,(H,48,49,50)(H,51,52,53)(H,54,55,56)(H,57,58,59)(H2,39,40,41,42,43). The summed E-state index contributed by atoms with van der Waals surface area (Å²) >= 11 is 31.1. The van der Waals surface area contributed by atoms with Crippen LogP contribution in [-0.4, -0.2) is 91.6 Å². The normalized spacial score (nSPS) is 12.5. The Morgan fingerprint density at radius 2 is 0.892 bits per heavy atom. The third kappa shape index (κ3) is 15.8. The van der Waals surface area contributed by atoms with Gasteiger partial charge in [0.15, 0.2) is 0 Å². The number of hydrogen-bond donors (Lipinski definition) is 6. The van der Waals surface area contributed by atoms with Crippen LogP contribution in [0.2, 0.25) is 25.4 Å². The minimum Gasteiger partial charge on any atom is -0.491 e. The summed E-state index contributed by atoms with van der Waals surface area (Å²) in [4.78, 5) is 11.1. The van der Waals surface area contributed by atoms with Gasteiger partial charge in [0.1, 0.15) is 32.7 Å². The molecule has 6 N–H and O–H groups in total. The molecule has 32 heteroatoms. The molecule has 5 rings (SSSR count). The molecule has 0 bridgehead atoms. The van der Waals surface area contributed by atoms with Crippen LogP contribution in [-0.2, 0) is 40.5 Å². The molecule has 1 aromatic heterocycles. The summed E-state index contributed by atoms with van der Waals surface area (Å²) < 4.78 is 141. The summed E-state index contributed by atoms with van der Waals surface area (Å²) in [7, 11) is -18.1. The molecule has 0 atom stereocenters. The largest absolute Gasteiger partial charge is 0.491 e. The number of halogens is 5. The fourth-order valence-corrected chi connectivity index (χ4v) is 8.47. The zero-order valence-electron chi connectivity index (χ0n) is 32.0. The SMILES string of the molecule is O=S(=O)(O)CCCOc1cc(N=Nc2ccc(Cl)c(S(=O)(=O)O)c2)c(Cl)cc1Nc1nc(Cl)nc(Nc2cc(Cl)c(N=Nc3ccc(Cl)c(S(=O)(=O)O)c3)cc2OCCCS(=O)(=O)O)n1. The van der Waals surface area contributed by atoms with Crippen molar-refractivity contribution in [2.24, 2.45) is 20.5 Å². The molecular weight excluding hydrogens is 1050 g/mol. The Morgan fingerprint density at radius 3 is 1.25 bits per heavy atom. The van der Waals surface area contributed by atoms with Crippen LogP contribution in [0.15, 0.2) is 90.9 Å². The van der Waals surface area contributed by atoms with E-state index in [9.17, 15) is 51.9 Å². The summed E-state index contributed by atoms with van der Waals surface area (Å²) in [6, 6.07) is 11.9. The van der Waals surface area contributed by atoms with E-state index in [4.69, 9.17) is 67.5 Å². The minimum absolute atomic E-state index is 0.0409. The van der Waals surface area contributed by atoms with Crippen molar-refractivity contribution in [3.05, 3.63) is 86.0 Å². The molecule has 5 aromatic rings. The lowest BCUT2D eigenvalue weighted by Crippen LogP contribution is -2.10. The highest BCUT2D eigenvalue weighted by Gasteiger charge is 2.19. The van der Waals surface area contributed by atoms with Gasteiger partial charge in [0.25, 0.3) is 40.5 Å². The average molecular weight is 1080 g/mol. The highest BCUT2D eigenvalue weighted by atomic mass is 35.5. The fourth-order valence-electron chi connectivity index (χ4n) is 4.95. The van der Waals surface area contributed by atoms with Gasteiger partial charge in [-0.3, -0.25) is 18.2 Å². The Morgan fingerprint density at radius 1 is 0.508 bits per heavy atom. The Kier molecular flexibility index (Phi) is 16.9. The van der Waals surface area contributed by atoms with E-state index in [1.807, 2.05) is 0 Å². The second-order valence-corrected chi connectivity index (χ2v) is 20.5. The van der Waals surface area contributed by atoms with E-state index in [0.29, 0.717) is 0 Å². The van der Waals surface area contributed by atoms with Crippen molar-refractivity contribution in [1.82, 2.24) is 15.0 Å². The lowest BCUT2D eigenvalue weighted by Gasteiger charge is -2.16. The summed E-state index contributed by atoms with van der Waals surface area (Å²) in [6.07, 6.45) is -0.350. The Hall–Kier alpha value is -4.62. The number of aromatic nitrogens is 3. The molecular formula is C33H28Cl5N9O14S4. The van der Waals surface area contributed by atoms with E-state index in [1.54, 1.807) is 0 Å². The van der Waals surface area contributed by atoms with E-state index in [1.165, 1.54) is 36.4 Å². The summed E-state index contributed by atoms with van der Waals surface area (Å²) in [5.41, 5.74) is -0.142. The number of benzene rings is 4. The van der Waals surface area contributed by atoms with Crippen LogP contribution in [0.5, 0.6) is 11.5 Å². The maximum atomic E-state index is 11.7. The number of ether oxygens (including phenoxy) is 2. The van der Waals surface area contributed by atoms with Crippen molar-refractivity contribution >= 4 is 144 Å². The van der Waals surface area contributed by atoms with E-state index in [2.05, 4.69) is 46.0 Å². The van der Waals surface area contributed by atoms with Crippen LogP contribution >= 0.6 is 58.0 Å². The zero-order chi connectivity index (χ0) is 47.9. The van der Waals surface area contributed by atoms with Gasteiger partial charge in [-0.15, -0.1) is 10.2 Å². The van der Waals surface area contributed by atoms with Crippen molar-refractivity contribution in [2.75, 3.05) is 35.4 Å². The highest BCUT2D eigenvalue weighted by Crippen LogP contribution is 2.41. The van der Waals surface area contributed by atoms with Gasteiger partial charge >= 0.3 is 0 Å². The maximum absolute atomic E-state index is 11.7. The quantitative estimate of drug-likeness (QED) is 0.0240. The molecule has 0 unspecified atom stereocenters. The first-order valence-electron chi connectivity index (χ1n) is 17.4. The maximum Gasteiger partial charge on any atom is 0.296 e. The van der Waals surface area contributed by atoms with Gasteiger partial charge in [-0.2, -0.15) is 58.9 Å². The van der Waals surface area contributed by atoms with Gasteiger partial charge in [-0.05, 0) is 73.0 Å². The van der Waals surface area contributed by atoms with Gasteiger partial charge in [0.2, 0.25) is 17.2 Å². The summed E-state index contributed by atoms with van der Waals surface area (Å²) in [5.74, 6) is -1.91. The number of rotatable bonds is 20. The van der Waals surface area contributed by atoms with E-state index >= 15 is 0 Å². The van der Waals surface area contributed by atoms with Gasteiger partial charge in [-0.1, -0.05) is 46.4 Å². The van der Waals surface area contributed by atoms with E-state index in [-0.39, 0.29) is 109 Å². The van der Waals surface area contributed by atoms with Gasteiger partial charge in [0, 0.05) is 12.1 Å². The zero-order valence-corrected chi connectivity index (χ0v) is 39.1. The van der Waals surface area contributed by atoms with Crippen LogP contribution in [0.4, 0.5) is 46.0 Å². The lowest BCUT2D eigenvalue weighted by molar-refractivity contribution is 0.317. The molecule has 348 valence electrons. The predicted molar refractivity (Wildman–Crippen MR) is 238 cm³/mol. The Balaban J connectivity index is 1.47. The number of nitrogens with zero attached hydrogens (tertiary/aromatic N) is 7. The first kappa shape index (κ1) is 51.4. The highest BCUT2D eigenvalue weighted by molar-refractivity contribution is 7.86. The Labute approximate surface area is 394 Å². The summed E-state index contributed by atoms with van der Waals surface area (Å²) in [6.45, 7) is -0.554. The van der Waals surface area contributed by atoms with Crippen molar-refractivity contribution in [1.29, 1.82) is 0 Å². The number of hydrogen-bond acceptors (Lipinski definition) is 19. The first-order chi connectivity index (χ1) is 30.2. The minimum atomic E-state index is -4.72. The average Bonchev–Trinajstić information content (AvgIpc) is 3.17. The monoisotopic (exact) mass is 1080 g/mol. The molecule has 4 aromatic carbocycles. The molecule has 0 aliphatic carbocycles. The topological polar surface area (TPSA) is 348 Å². The molecule has 1 heterocycles. The van der Waals surface area contributed by atoms with Crippen LogP contribution in [0.3, 0.4) is 0 Å². The number of nitrogens with one attached hydrogen (secondary N) is 2. The van der Waals surface area contributed by atoms with E-state index in [0.717, 1.165) is 24.3 Å². The van der Waals surface area contributed by atoms with E-state index < -0.39 is 61.8 Å². The number of azo groups is 2. The third-order valence-corrected chi connectivity index (χ3v) is 12.8. The van der Waals surface area contributed by atoms with Crippen molar-refractivity contribution in [2.45, 2.75) is 22.6 Å². The molecule has 0 saturated heterocycles. The molecule has 0 aliphatic heterocycles. The third-order valence-electron chi connectivity index (χ3n) is 7.74. The fraction of sp³-hybridized carbons (Fsp3) is 0.182. The van der Waals surface area contributed by atoms with Gasteiger partial charge < -0.3 is 20.1 Å². The molecule has 0 fully saturated rings.